The van der Waals surface area contributed by atoms with E-state index in [2.05, 4.69) is 19.4 Å². The Kier molecular flexibility index (Phi) is 3.85. The molecular weight excluding hydrogens is 286 g/mol. The summed E-state index contributed by atoms with van der Waals surface area (Å²) >= 11 is -1.38. The van der Waals surface area contributed by atoms with Crippen LogP contribution < -0.4 is 15.2 Å². The number of anilines is 2. The number of aromatic amines is 1. The zero-order valence-corrected chi connectivity index (χ0v) is 12.0. The van der Waals surface area contributed by atoms with E-state index in [0.29, 0.717) is 12.2 Å². The summed E-state index contributed by atoms with van der Waals surface area (Å²) < 4.78 is 17.8. The van der Waals surface area contributed by atoms with E-state index in [9.17, 15) is 4.21 Å². The number of hydrogen-bond acceptors (Lipinski definition) is 3. The van der Waals surface area contributed by atoms with Gasteiger partial charge in [0, 0.05) is 35.7 Å². The lowest BCUT2D eigenvalue weighted by molar-refractivity contribution is 0.676. The molecule has 3 aromatic rings. The molecule has 1 unspecified atom stereocenters. The smallest absolute Gasteiger partial charge is 0.193 e. The normalized spacial score (nSPS) is 12.4. The summed E-state index contributed by atoms with van der Waals surface area (Å²) in [4.78, 5) is 7.27. The van der Waals surface area contributed by atoms with Crippen molar-refractivity contribution in [3.8, 4) is 0 Å². The zero-order valence-electron chi connectivity index (χ0n) is 11.2. The van der Waals surface area contributed by atoms with Gasteiger partial charge in [-0.05, 0) is 42.0 Å². The second kappa shape index (κ2) is 5.94. The third kappa shape index (κ3) is 3.21. The average Bonchev–Trinajstić information content (AvgIpc) is 2.96. The summed E-state index contributed by atoms with van der Waals surface area (Å²) in [5.41, 5.74) is 8.89. The third-order valence-corrected chi connectivity index (χ3v) is 3.89. The van der Waals surface area contributed by atoms with Crippen molar-refractivity contribution in [3.63, 3.8) is 0 Å². The molecule has 0 spiro atoms. The first-order valence-corrected chi connectivity index (χ1v) is 7.56. The highest BCUT2D eigenvalue weighted by molar-refractivity contribution is 7.84. The van der Waals surface area contributed by atoms with E-state index >= 15 is 0 Å². The lowest BCUT2D eigenvalue weighted by Gasteiger charge is -2.08. The molecule has 0 aliphatic heterocycles. The second-order valence-electron chi connectivity index (χ2n) is 4.52. The van der Waals surface area contributed by atoms with Crippen molar-refractivity contribution >= 4 is 33.6 Å². The number of nitrogens with zero attached hydrogens (tertiary/aromatic N) is 1. The van der Waals surface area contributed by atoms with Crippen molar-refractivity contribution in [1.82, 2.24) is 14.7 Å². The van der Waals surface area contributed by atoms with Crippen LogP contribution in [0.5, 0.6) is 0 Å². The molecule has 21 heavy (non-hydrogen) atoms. The number of nitrogens with two attached hydrogens (primary N) is 1. The molecular formula is C14H15N5OS. The molecule has 2 aromatic heterocycles. The summed E-state index contributed by atoms with van der Waals surface area (Å²) in [6.07, 6.45) is 3.57. The van der Waals surface area contributed by atoms with Gasteiger partial charge >= 0.3 is 0 Å². The predicted molar refractivity (Wildman–Crippen MR) is 85.6 cm³/mol. The van der Waals surface area contributed by atoms with Crippen molar-refractivity contribution in [2.24, 2.45) is 0 Å². The Hall–Kier alpha value is -2.38. The van der Waals surface area contributed by atoms with Gasteiger partial charge in [-0.2, -0.15) is 0 Å². The Morgan fingerprint density at radius 3 is 2.81 bits per heavy atom. The van der Waals surface area contributed by atoms with Crippen LogP contribution in [0.25, 0.3) is 11.0 Å². The van der Waals surface area contributed by atoms with Gasteiger partial charge in [-0.3, -0.25) is 4.72 Å². The molecule has 1 aromatic carbocycles. The van der Waals surface area contributed by atoms with E-state index in [1.165, 1.54) is 0 Å². The summed E-state index contributed by atoms with van der Waals surface area (Å²) in [5.74, 6) is 0. The monoisotopic (exact) mass is 301 g/mol. The summed E-state index contributed by atoms with van der Waals surface area (Å²) in [6.45, 7) is 0.478. The lowest BCUT2D eigenvalue weighted by atomic mass is 10.2. The van der Waals surface area contributed by atoms with Gasteiger partial charge in [0.15, 0.2) is 11.2 Å². The van der Waals surface area contributed by atoms with Gasteiger partial charge in [0.05, 0.1) is 0 Å². The third-order valence-electron chi connectivity index (χ3n) is 3.07. The first-order chi connectivity index (χ1) is 10.2. The van der Waals surface area contributed by atoms with Crippen LogP contribution in [0, 0.1) is 0 Å². The maximum absolute atomic E-state index is 12.0. The summed E-state index contributed by atoms with van der Waals surface area (Å²) in [7, 11) is 0. The molecule has 0 aliphatic rings. The molecule has 6 nitrogen and oxygen atoms in total. The molecule has 0 saturated heterocycles. The first kappa shape index (κ1) is 13.6. The van der Waals surface area contributed by atoms with Crippen LogP contribution in [-0.2, 0) is 17.7 Å². The number of rotatable bonds is 5. The fourth-order valence-electron chi connectivity index (χ4n) is 2.01. The van der Waals surface area contributed by atoms with Crippen molar-refractivity contribution in [3.05, 3.63) is 54.4 Å². The molecule has 0 saturated carbocycles. The highest BCUT2D eigenvalue weighted by Crippen LogP contribution is 2.15. The Morgan fingerprint density at radius 2 is 2.00 bits per heavy atom. The van der Waals surface area contributed by atoms with E-state index in [4.69, 9.17) is 5.73 Å². The predicted octanol–water partition coefficient (Wildman–Crippen LogP) is 1.93. The molecule has 5 N–H and O–H groups in total. The molecule has 108 valence electrons. The highest BCUT2D eigenvalue weighted by Gasteiger charge is 2.05. The molecule has 0 radical (unpaired) electrons. The zero-order chi connectivity index (χ0) is 14.7. The van der Waals surface area contributed by atoms with Crippen molar-refractivity contribution in [2.75, 3.05) is 10.5 Å². The largest absolute Gasteiger partial charge is 0.399 e. The standard InChI is InChI=1S/C14H15N5OS/c15-11-1-3-12(4-2-11)19-21(20)18-9-10-5-7-16-14-13(10)6-8-17-14/h1-8,18-19H,9,15H2,(H,16,17). The van der Waals surface area contributed by atoms with Gasteiger partial charge < -0.3 is 10.7 Å². The number of fused-ring (bicyclic) bond motifs is 1. The Bertz CT molecular complexity index is 768. The van der Waals surface area contributed by atoms with Crippen LogP contribution in [0.2, 0.25) is 0 Å². The van der Waals surface area contributed by atoms with Crippen LogP contribution in [0.4, 0.5) is 11.4 Å². The van der Waals surface area contributed by atoms with Gasteiger partial charge in [0.2, 0.25) is 0 Å². The number of nitrogen functional groups attached to an aromatic ring is 1. The molecule has 1 atom stereocenters. The highest BCUT2D eigenvalue weighted by atomic mass is 32.2. The number of aromatic nitrogens is 2. The van der Waals surface area contributed by atoms with E-state index in [1.54, 1.807) is 30.5 Å². The number of benzene rings is 1. The SMILES string of the molecule is Nc1ccc(NS(=O)NCc2ccnc3[nH]ccc23)cc1. The van der Waals surface area contributed by atoms with Gasteiger partial charge in [0.25, 0.3) is 0 Å². The second-order valence-corrected chi connectivity index (χ2v) is 5.55. The lowest BCUT2D eigenvalue weighted by Crippen LogP contribution is -2.23. The van der Waals surface area contributed by atoms with Crippen LogP contribution in [0.3, 0.4) is 0 Å². The van der Waals surface area contributed by atoms with Crippen LogP contribution >= 0.6 is 0 Å². The maximum atomic E-state index is 12.0. The van der Waals surface area contributed by atoms with E-state index in [0.717, 1.165) is 22.3 Å². The van der Waals surface area contributed by atoms with Gasteiger partial charge in [0.1, 0.15) is 5.65 Å². The average molecular weight is 301 g/mol. The maximum Gasteiger partial charge on any atom is 0.193 e. The Labute approximate surface area is 124 Å². The van der Waals surface area contributed by atoms with Crippen molar-refractivity contribution in [2.45, 2.75) is 6.54 Å². The first-order valence-electron chi connectivity index (χ1n) is 6.41. The number of H-pyrrole nitrogens is 1. The Morgan fingerprint density at radius 1 is 1.19 bits per heavy atom. The quantitative estimate of drug-likeness (QED) is 0.542. The number of hydrogen-bond donors (Lipinski definition) is 4. The Balaban J connectivity index is 1.63. The number of pyridine rings is 1. The minimum atomic E-state index is -1.38. The summed E-state index contributed by atoms with van der Waals surface area (Å²) in [5, 5.41) is 1.02. The van der Waals surface area contributed by atoms with Crippen molar-refractivity contribution < 1.29 is 4.21 Å². The topological polar surface area (TPSA) is 95.8 Å². The van der Waals surface area contributed by atoms with Crippen LogP contribution in [0.15, 0.2) is 48.8 Å². The van der Waals surface area contributed by atoms with Gasteiger partial charge in [-0.15, -0.1) is 0 Å². The van der Waals surface area contributed by atoms with E-state index < -0.39 is 11.2 Å². The van der Waals surface area contributed by atoms with Gasteiger partial charge in [-0.25, -0.2) is 13.9 Å². The molecule has 0 amide bonds. The minimum Gasteiger partial charge on any atom is -0.399 e. The fraction of sp³-hybridized carbons (Fsp3) is 0.0714. The van der Waals surface area contributed by atoms with E-state index in [-0.39, 0.29) is 0 Å². The van der Waals surface area contributed by atoms with Crippen LogP contribution in [0.1, 0.15) is 5.56 Å². The van der Waals surface area contributed by atoms with Gasteiger partial charge in [-0.1, -0.05) is 0 Å². The molecule has 7 heteroatoms. The molecule has 0 aliphatic carbocycles. The molecule has 2 heterocycles. The number of nitrogens with one attached hydrogen (secondary N) is 3. The molecule has 0 bridgehead atoms. The fourth-order valence-corrected chi connectivity index (χ4v) is 2.72. The molecule has 3 rings (SSSR count). The molecule has 0 fully saturated rings. The van der Waals surface area contributed by atoms with Crippen molar-refractivity contribution in [1.29, 1.82) is 0 Å². The van der Waals surface area contributed by atoms with Crippen LogP contribution in [-0.4, -0.2) is 14.2 Å². The van der Waals surface area contributed by atoms with E-state index in [1.807, 2.05) is 18.3 Å². The minimum absolute atomic E-state index is 0.478. The summed E-state index contributed by atoms with van der Waals surface area (Å²) in [6, 6.07) is 10.9.